The minimum atomic E-state index is -3.29. The van der Waals surface area contributed by atoms with E-state index in [1.807, 2.05) is 0 Å². The van der Waals surface area contributed by atoms with Gasteiger partial charge < -0.3 is 10.1 Å². The average molecular weight is 357 g/mol. The molecule has 1 aromatic heterocycles. The van der Waals surface area contributed by atoms with Crippen LogP contribution in [0.1, 0.15) is 19.3 Å². The Morgan fingerprint density at radius 2 is 2.25 bits per heavy atom. The van der Waals surface area contributed by atoms with Gasteiger partial charge in [0.2, 0.25) is 15.9 Å². The number of nitrogens with zero attached hydrogens (tertiary/aromatic N) is 4. The number of carbonyl (C=O) groups is 1. The van der Waals surface area contributed by atoms with Crippen molar-refractivity contribution in [2.45, 2.75) is 38.0 Å². The molecular formula is C14H23N5O4S. The van der Waals surface area contributed by atoms with Gasteiger partial charge >= 0.3 is 0 Å². The van der Waals surface area contributed by atoms with Crippen LogP contribution in [0.2, 0.25) is 0 Å². The van der Waals surface area contributed by atoms with Crippen LogP contribution in [-0.2, 0) is 26.1 Å². The van der Waals surface area contributed by atoms with Crippen LogP contribution in [0.3, 0.4) is 0 Å². The third kappa shape index (κ3) is 3.93. The summed E-state index contributed by atoms with van der Waals surface area (Å²) in [4.78, 5) is 12.4. The predicted octanol–water partition coefficient (Wildman–Crippen LogP) is -0.777. The van der Waals surface area contributed by atoms with Crippen molar-refractivity contribution in [3.05, 3.63) is 12.4 Å². The van der Waals surface area contributed by atoms with Crippen molar-refractivity contribution in [3.63, 3.8) is 0 Å². The van der Waals surface area contributed by atoms with Crippen molar-refractivity contribution in [2.75, 3.05) is 26.0 Å². The molecule has 10 heteroatoms. The molecule has 3 rings (SSSR count). The van der Waals surface area contributed by atoms with E-state index in [2.05, 4.69) is 15.6 Å². The van der Waals surface area contributed by atoms with Crippen molar-refractivity contribution >= 4 is 15.9 Å². The molecule has 0 bridgehead atoms. The Labute approximate surface area is 141 Å². The summed E-state index contributed by atoms with van der Waals surface area (Å²) in [6.45, 7) is 1.81. The maximum Gasteiger partial charge on any atom is 0.223 e. The first-order chi connectivity index (χ1) is 11.4. The van der Waals surface area contributed by atoms with Crippen LogP contribution in [0.4, 0.5) is 0 Å². The maximum absolute atomic E-state index is 12.4. The molecule has 0 aromatic carbocycles. The predicted molar refractivity (Wildman–Crippen MR) is 85.5 cm³/mol. The van der Waals surface area contributed by atoms with Crippen LogP contribution in [-0.4, -0.2) is 71.7 Å². The summed E-state index contributed by atoms with van der Waals surface area (Å²) in [5.74, 6) is -0.222. The molecule has 9 nitrogen and oxygen atoms in total. The summed E-state index contributed by atoms with van der Waals surface area (Å²) in [7, 11) is -3.29. The maximum atomic E-state index is 12.4. The molecule has 24 heavy (non-hydrogen) atoms. The van der Waals surface area contributed by atoms with E-state index >= 15 is 0 Å². The van der Waals surface area contributed by atoms with Gasteiger partial charge in [0.05, 0.1) is 37.8 Å². The molecule has 0 radical (unpaired) electrons. The monoisotopic (exact) mass is 357 g/mol. The summed E-state index contributed by atoms with van der Waals surface area (Å²) in [5, 5.41) is 10.5. The van der Waals surface area contributed by atoms with Crippen molar-refractivity contribution in [1.82, 2.24) is 24.6 Å². The number of aromatic nitrogens is 3. The topological polar surface area (TPSA) is 106 Å². The summed E-state index contributed by atoms with van der Waals surface area (Å²) in [5.41, 5.74) is 0. The van der Waals surface area contributed by atoms with Crippen LogP contribution < -0.4 is 5.32 Å². The number of fused-ring (bicyclic) bond motifs is 1. The third-order valence-electron chi connectivity index (χ3n) is 4.68. The Hall–Kier alpha value is -1.52. The molecule has 1 aliphatic carbocycles. The van der Waals surface area contributed by atoms with Crippen molar-refractivity contribution in [1.29, 1.82) is 0 Å². The first-order valence-electron chi connectivity index (χ1n) is 8.15. The van der Waals surface area contributed by atoms with Crippen LogP contribution in [0.25, 0.3) is 0 Å². The molecule has 2 heterocycles. The second-order valence-corrected chi connectivity index (χ2v) is 8.25. The fourth-order valence-corrected chi connectivity index (χ4v) is 4.64. The third-order valence-corrected chi connectivity index (χ3v) is 5.98. The van der Waals surface area contributed by atoms with Gasteiger partial charge in [0.1, 0.15) is 0 Å². The zero-order valence-corrected chi connectivity index (χ0v) is 14.5. The first kappa shape index (κ1) is 17.3. The number of sulfonamides is 1. The Bertz CT molecular complexity index is 663. The number of hydrogen-bond acceptors (Lipinski definition) is 6. The molecular weight excluding hydrogens is 334 g/mol. The normalized spacial score (nSPS) is 28.3. The first-order valence-corrected chi connectivity index (χ1v) is 10.00. The summed E-state index contributed by atoms with van der Waals surface area (Å²) < 4.78 is 32.8. The Morgan fingerprint density at radius 1 is 1.42 bits per heavy atom. The van der Waals surface area contributed by atoms with Gasteiger partial charge in [0, 0.05) is 25.2 Å². The number of hydrogen-bond donors (Lipinski definition) is 1. The fraction of sp³-hybridized carbons (Fsp3) is 0.786. The highest BCUT2D eigenvalue weighted by molar-refractivity contribution is 7.88. The fourth-order valence-electron chi connectivity index (χ4n) is 3.52. The Balaban J connectivity index is 1.56. The molecule has 1 saturated carbocycles. The second-order valence-electron chi connectivity index (χ2n) is 6.32. The van der Waals surface area contributed by atoms with Gasteiger partial charge in [-0.2, -0.15) is 4.31 Å². The zero-order chi connectivity index (χ0) is 17.2. The van der Waals surface area contributed by atoms with Crippen LogP contribution >= 0.6 is 0 Å². The highest BCUT2D eigenvalue weighted by Crippen LogP contribution is 2.33. The number of morpholine rings is 1. The highest BCUT2D eigenvalue weighted by atomic mass is 32.2. The molecule has 0 unspecified atom stereocenters. The standard InChI is InChI=1S/C14H23N5O4S/c1-24(21,22)19-8-9-23-13-3-2-11(10-12(13)19)14(20)15-4-6-18-7-5-16-17-18/h5,7,11-13H,2-4,6,8-10H2,1H3,(H,15,20)/t11-,12+,13+/m0/s1. The minimum absolute atomic E-state index is 0.0346. The van der Waals surface area contributed by atoms with Gasteiger partial charge in [-0.1, -0.05) is 5.21 Å². The van der Waals surface area contributed by atoms with Gasteiger partial charge in [0.25, 0.3) is 0 Å². The summed E-state index contributed by atoms with van der Waals surface area (Å²) in [6.07, 6.45) is 6.37. The quantitative estimate of drug-likeness (QED) is 0.741. The summed E-state index contributed by atoms with van der Waals surface area (Å²) >= 11 is 0. The van der Waals surface area contributed by atoms with Gasteiger partial charge in [-0.15, -0.1) is 5.10 Å². The van der Waals surface area contributed by atoms with E-state index in [1.54, 1.807) is 17.1 Å². The lowest BCUT2D eigenvalue weighted by atomic mass is 9.82. The van der Waals surface area contributed by atoms with E-state index in [1.165, 1.54) is 10.6 Å². The van der Waals surface area contributed by atoms with Crippen molar-refractivity contribution in [3.8, 4) is 0 Å². The van der Waals surface area contributed by atoms with E-state index in [0.29, 0.717) is 45.5 Å². The van der Waals surface area contributed by atoms with E-state index in [9.17, 15) is 13.2 Å². The lowest BCUT2D eigenvalue weighted by molar-refractivity contribution is -0.130. The van der Waals surface area contributed by atoms with Gasteiger partial charge in [-0.25, -0.2) is 8.42 Å². The second kappa shape index (κ2) is 7.16. The largest absolute Gasteiger partial charge is 0.375 e. The van der Waals surface area contributed by atoms with Gasteiger partial charge in [0.15, 0.2) is 0 Å². The lowest BCUT2D eigenvalue weighted by Gasteiger charge is -2.44. The Morgan fingerprint density at radius 3 is 2.96 bits per heavy atom. The molecule has 3 atom stereocenters. The molecule has 0 spiro atoms. The highest BCUT2D eigenvalue weighted by Gasteiger charge is 2.42. The van der Waals surface area contributed by atoms with Crippen molar-refractivity contribution < 1.29 is 17.9 Å². The summed E-state index contributed by atoms with van der Waals surface area (Å²) in [6, 6.07) is -0.242. The number of nitrogens with one attached hydrogen (secondary N) is 1. The molecule has 1 N–H and O–H groups in total. The Kier molecular flexibility index (Phi) is 5.16. The molecule has 1 aromatic rings. The molecule has 2 fully saturated rings. The number of ether oxygens (including phenoxy) is 1. The van der Waals surface area contributed by atoms with Gasteiger partial charge in [-0.3, -0.25) is 9.48 Å². The van der Waals surface area contributed by atoms with Crippen LogP contribution in [0.5, 0.6) is 0 Å². The molecule has 134 valence electrons. The smallest absolute Gasteiger partial charge is 0.223 e. The van der Waals surface area contributed by atoms with E-state index < -0.39 is 10.0 Å². The molecule has 1 amide bonds. The van der Waals surface area contributed by atoms with Crippen molar-refractivity contribution in [2.24, 2.45) is 5.92 Å². The van der Waals surface area contributed by atoms with Gasteiger partial charge in [-0.05, 0) is 19.3 Å². The average Bonchev–Trinajstić information content (AvgIpc) is 3.06. The molecule has 1 aliphatic heterocycles. The molecule has 2 aliphatic rings. The SMILES string of the molecule is CS(=O)(=O)N1CCO[C@@H]2CC[C@H](C(=O)NCCn3ccnn3)C[C@H]21. The van der Waals surface area contributed by atoms with E-state index in [0.717, 1.165) is 0 Å². The van der Waals surface area contributed by atoms with E-state index in [4.69, 9.17) is 4.74 Å². The number of carbonyl (C=O) groups excluding carboxylic acids is 1. The zero-order valence-electron chi connectivity index (χ0n) is 13.7. The van der Waals surface area contributed by atoms with Crippen LogP contribution in [0.15, 0.2) is 12.4 Å². The molecule has 1 saturated heterocycles. The minimum Gasteiger partial charge on any atom is -0.375 e. The number of rotatable bonds is 5. The number of amides is 1. The van der Waals surface area contributed by atoms with Crippen LogP contribution in [0, 0.1) is 5.92 Å². The van der Waals surface area contributed by atoms with E-state index in [-0.39, 0.29) is 24.0 Å². The lowest BCUT2D eigenvalue weighted by Crippen LogP contribution is -2.56.